The SMILES string of the molecule is O=C(c1ccc(F)cc1)N1CCC(N2CCC(C(=O)N3CCC(Cc4ccccc4)CC3)CC2)CC1. The van der Waals surface area contributed by atoms with E-state index in [9.17, 15) is 14.0 Å². The Morgan fingerprint density at radius 2 is 1.33 bits per heavy atom. The van der Waals surface area contributed by atoms with E-state index in [1.807, 2.05) is 4.90 Å². The Balaban J connectivity index is 1.03. The number of piperidine rings is 3. The number of carbonyl (C=O) groups is 2. The quantitative estimate of drug-likeness (QED) is 0.613. The van der Waals surface area contributed by atoms with Gasteiger partial charge in [-0.25, -0.2) is 4.39 Å². The van der Waals surface area contributed by atoms with Crippen LogP contribution in [0.1, 0.15) is 54.4 Å². The molecule has 6 heteroatoms. The zero-order chi connectivity index (χ0) is 24.9. The lowest BCUT2D eigenvalue weighted by atomic mass is 9.88. The number of halogens is 1. The van der Waals surface area contributed by atoms with Gasteiger partial charge in [0.1, 0.15) is 5.82 Å². The summed E-state index contributed by atoms with van der Waals surface area (Å²) in [5, 5.41) is 0. The largest absolute Gasteiger partial charge is 0.342 e. The minimum atomic E-state index is -0.320. The zero-order valence-corrected chi connectivity index (χ0v) is 21.2. The number of amides is 2. The monoisotopic (exact) mass is 491 g/mol. The molecule has 0 N–H and O–H groups in total. The Morgan fingerprint density at radius 3 is 1.97 bits per heavy atom. The molecule has 3 fully saturated rings. The first-order valence-electron chi connectivity index (χ1n) is 13.7. The molecule has 36 heavy (non-hydrogen) atoms. The summed E-state index contributed by atoms with van der Waals surface area (Å²) in [6.07, 6.45) is 7.13. The average molecular weight is 492 g/mol. The average Bonchev–Trinajstić information content (AvgIpc) is 2.94. The van der Waals surface area contributed by atoms with Gasteiger partial charge in [0, 0.05) is 43.7 Å². The van der Waals surface area contributed by atoms with E-state index in [4.69, 9.17) is 0 Å². The van der Waals surface area contributed by atoms with Crippen molar-refractivity contribution in [3.8, 4) is 0 Å². The van der Waals surface area contributed by atoms with Crippen molar-refractivity contribution < 1.29 is 14.0 Å². The van der Waals surface area contributed by atoms with Gasteiger partial charge in [0.25, 0.3) is 5.91 Å². The normalized spacial score (nSPS) is 21.0. The number of hydrogen-bond acceptors (Lipinski definition) is 3. The van der Waals surface area contributed by atoms with Crippen molar-refractivity contribution in [3.63, 3.8) is 0 Å². The lowest BCUT2D eigenvalue weighted by Crippen LogP contribution is -2.51. The molecule has 2 amide bonds. The lowest BCUT2D eigenvalue weighted by molar-refractivity contribution is -0.138. The second-order valence-corrected chi connectivity index (χ2v) is 10.8. The van der Waals surface area contributed by atoms with Gasteiger partial charge in [-0.2, -0.15) is 0 Å². The van der Waals surface area contributed by atoms with E-state index >= 15 is 0 Å². The molecule has 0 aliphatic carbocycles. The van der Waals surface area contributed by atoms with E-state index in [0.717, 1.165) is 84.2 Å². The van der Waals surface area contributed by atoms with Gasteiger partial charge >= 0.3 is 0 Å². The first kappa shape index (κ1) is 24.9. The first-order chi connectivity index (χ1) is 17.6. The summed E-state index contributed by atoms with van der Waals surface area (Å²) in [5.74, 6) is 0.878. The molecular weight excluding hydrogens is 453 g/mol. The van der Waals surface area contributed by atoms with Crippen LogP contribution in [0.2, 0.25) is 0 Å². The summed E-state index contributed by atoms with van der Waals surface area (Å²) < 4.78 is 13.2. The Morgan fingerprint density at radius 1 is 0.722 bits per heavy atom. The van der Waals surface area contributed by atoms with Crippen molar-refractivity contribution >= 4 is 11.8 Å². The molecule has 3 aliphatic heterocycles. The van der Waals surface area contributed by atoms with Crippen LogP contribution in [0, 0.1) is 17.7 Å². The molecule has 0 saturated carbocycles. The molecule has 3 heterocycles. The van der Waals surface area contributed by atoms with Gasteiger partial charge in [0.15, 0.2) is 0 Å². The van der Waals surface area contributed by atoms with E-state index in [-0.39, 0.29) is 17.6 Å². The van der Waals surface area contributed by atoms with Gasteiger partial charge in [0.05, 0.1) is 0 Å². The summed E-state index contributed by atoms with van der Waals surface area (Å²) in [4.78, 5) is 32.5. The van der Waals surface area contributed by atoms with Crippen LogP contribution in [-0.4, -0.2) is 71.8 Å². The highest BCUT2D eigenvalue weighted by Gasteiger charge is 2.34. The predicted octanol–water partition coefficient (Wildman–Crippen LogP) is 4.62. The molecule has 3 aliphatic rings. The molecule has 3 saturated heterocycles. The Kier molecular flexibility index (Phi) is 8.00. The van der Waals surface area contributed by atoms with Crippen molar-refractivity contribution in [3.05, 3.63) is 71.5 Å². The van der Waals surface area contributed by atoms with Crippen molar-refractivity contribution in [2.24, 2.45) is 11.8 Å². The number of hydrogen-bond donors (Lipinski definition) is 0. The number of nitrogens with zero attached hydrogens (tertiary/aromatic N) is 3. The topological polar surface area (TPSA) is 43.9 Å². The van der Waals surface area contributed by atoms with E-state index in [0.29, 0.717) is 23.4 Å². The molecule has 2 aromatic rings. The van der Waals surface area contributed by atoms with Crippen LogP contribution >= 0.6 is 0 Å². The summed E-state index contributed by atoms with van der Waals surface area (Å²) in [6.45, 7) is 5.21. The van der Waals surface area contributed by atoms with Crippen molar-refractivity contribution in [2.45, 2.75) is 51.0 Å². The summed E-state index contributed by atoms with van der Waals surface area (Å²) in [7, 11) is 0. The maximum Gasteiger partial charge on any atom is 0.253 e. The standard InChI is InChI=1S/C30H38FN3O2/c31-27-8-6-25(7-9-27)29(35)34-20-14-28(15-21-34)32-18-12-26(13-19-32)30(36)33-16-10-24(11-17-33)22-23-4-2-1-3-5-23/h1-9,24,26,28H,10-22H2. The molecule has 0 spiro atoms. The minimum absolute atomic E-state index is 0.00899. The first-order valence-corrected chi connectivity index (χ1v) is 13.7. The lowest BCUT2D eigenvalue weighted by Gasteiger charge is -2.42. The highest BCUT2D eigenvalue weighted by molar-refractivity contribution is 5.94. The van der Waals surface area contributed by atoms with Gasteiger partial charge in [-0.15, -0.1) is 0 Å². The van der Waals surface area contributed by atoms with Crippen LogP contribution in [0.4, 0.5) is 4.39 Å². The third-order valence-electron chi connectivity index (χ3n) is 8.53. The van der Waals surface area contributed by atoms with E-state index in [1.54, 1.807) is 12.1 Å². The van der Waals surface area contributed by atoms with E-state index < -0.39 is 0 Å². The molecule has 0 bridgehead atoms. The maximum atomic E-state index is 13.2. The second-order valence-electron chi connectivity index (χ2n) is 10.8. The Hall–Kier alpha value is -2.73. The van der Waals surface area contributed by atoms with E-state index in [2.05, 4.69) is 40.1 Å². The predicted molar refractivity (Wildman–Crippen MR) is 139 cm³/mol. The van der Waals surface area contributed by atoms with Gasteiger partial charge in [-0.05, 0) is 93.8 Å². The highest BCUT2D eigenvalue weighted by atomic mass is 19.1. The zero-order valence-electron chi connectivity index (χ0n) is 21.2. The molecule has 2 aromatic carbocycles. The smallest absolute Gasteiger partial charge is 0.253 e. The minimum Gasteiger partial charge on any atom is -0.342 e. The van der Waals surface area contributed by atoms with Crippen LogP contribution in [0.3, 0.4) is 0 Å². The Bertz CT molecular complexity index is 1000. The van der Waals surface area contributed by atoms with Crippen LogP contribution in [0.5, 0.6) is 0 Å². The third kappa shape index (κ3) is 5.97. The van der Waals surface area contributed by atoms with Gasteiger partial charge in [0.2, 0.25) is 5.91 Å². The summed E-state index contributed by atoms with van der Waals surface area (Å²) >= 11 is 0. The third-order valence-corrected chi connectivity index (χ3v) is 8.53. The fraction of sp³-hybridized carbons (Fsp3) is 0.533. The van der Waals surface area contributed by atoms with Crippen molar-refractivity contribution in [1.29, 1.82) is 0 Å². The number of rotatable bonds is 5. The highest BCUT2D eigenvalue weighted by Crippen LogP contribution is 2.28. The van der Waals surface area contributed by atoms with Gasteiger partial charge in [-0.1, -0.05) is 30.3 Å². The van der Waals surface area contributed by atoms with Gasteiger partial charge < -0.3 is 14.7 Å². The molecular formula is C30H38FN3O2. The van der Waals surface area contributed by atoms with Crippen LogP contribution in [0.25, 0.3) is 0 Å². The van der Waals surface area contributed by atoms with Gasteiger partial charge in [-0.3, -0.25) is 9.59 Å². The fourth-order valence-corrected chi connectivity index (χ4v) is 6.28. The summed E-state index contributed by atoms with van der Waals surface area (Å²) in [6, 6.07) is 17.0. The van der Waals surface area contributed by atoms with E-state index in [1.165, 1.54) is 17.7 Å². The number of benzene rings is 2. The fourth-order valence-electron chi connectivity index (χ4n) is 6.28. The molecule has 0 aromatic heterocycles. The van der Waals surface area contributed by atoms with Crippen LogP contribution in [-0.2, 0) is 11.2 Å². The molecule has 0 radical (unpaired) electrons. The molecule has 5 rings (SSSR count). The molecule has 192 valence electrons. The van der Waals surface area contributed by atoms with Crippen molar-refractivity contribution in [1.82, 2.24) is 14.7 Å². The number of carbonyl (C=O) groups excluding carboxylic acids is 2. The molecule has 5 nitrogen and oxygen atoms in total. The van der Waals surface area contributed by atoms with Crippen LogP contribution < -0.4 is 0 Å². The molecule has 0 atom stereocenters. The molecule has 0 unspecified atom stereocenters. The Labute approximate surface area is 214 Å². The summed E-state index contributed by atoms with van der Waals surface area (Å²) in [5.41, 5.74) is 1.96. The number of likely N-dealkylation sites (tertiary alicyclic amines) is 3. The maximum absolute atomic E-state index is 13.2. The second kappa shape index (κ2) is 11.5. The van der Waals surface area contributed by atoms with Crippen molar-refractivity contribution in [2.75, 3.05) is 39.3 Å². The van der Waals surface area contributed by atoms with Crippen LogP contribution in [0.15, 0.2) is 54.6 Å².